The standard InChI is InChI=1S/C19H22N4O6S/c1-29-17-5-3-2-4-15(17)21-30(27,28)18-12-14(23(25)26)6-7-16(18)22-10-8-13(9-11-22)19(20)24/h2-7,12-13,21H,8-11H2,1H3,(H2,20,24). The largest absolute Gasteiger partial charge is 0.495 e. The molecule has 3 N–H and O–H groups in total. The van der Waals surface area contributed by atoms with Gasteiger partial charge in [-0.05, 0) is 31.0 Å². The lowest BCUT2D eigenvalue weighted by Gasteiger charge is -2.33. The normalized spacial score (nSPS) is 14.9. The first-order valence-electron chi connectivity index (χ1n) is 9.21. The first kappa shape index (κ1) is 21.4. The number of nitro benzene ring substituents is 1. The van der Waals surface area contributed by atoms with Crippen molar-refractivity contribution in [2.75, 3.05) is 29.8 Å². The number of hydrogen-bond acceptors (Lipinski definition) is 7. The fourth-order valence-electron chi connectivity index (χ4n) is 3.43. The maximum absolute atomic E-state index is 13.2. The maximum Gasteiger partial charge on any atom is 0.270 e. The van der Waals surface area contributed by atoms with Gasteiger partial charge in [-0.15, -0.1) is 0 Å². The number of nitrogens with one attached hydrogen (secondary N) is 1. The third-order valence-electron chi connectivity index (χ3n) is 5.03. The van der Waals surface area contributed by atoms with E-state index in [0.717, 1.165) is 6.07 Å². The Bertz CT molecular complexity index is 1060. The molecule has 1 amide bonds. The molecule has 1 aliphatic rings. The maximum atomic E-state index is 13.2. The monoisotopic (exact) mass is 434 g/mol. The van der Waals surface area contributed by atoms with Gasteiger partial charge in [0.15, 0.2) is 0 Å². The molecule has 0 saturated carbocycles. The first-order valence-corrected chi connectivity index (χ1v) is 10.7. The van der Waals surface area contributed by atoms with Crippen molar-refractivity contribution in [3.63, 3.8) is 0 Å². The van der Waals surface area contributed by atoms with Crippen molar-refractivity contribution in [3.8, 4) is 5.75 Å². The summed E-state index contributed by atoms with van der Waals surface area (Å²) >= 11 is 0. The second-order valence-corrected chi connectivity index (χ2v) is 8.53. The number of rotatable bonds is 7. The van der Waals surface area contributed by atoms with E-state index in [2.05, 4.69) is 4.72 Å². The van der Waals surface area contributed by atoms with Crippen LogP contribution in [-0.2, 0) is 14.8 Å². The molecule has 1 heterocycles. The number of para-hydroxylation sites is 2. The van der Waals surface area contributed by atoms with Crippen LogP contribution in [0.4, 0.5) is 17.1 Å². The lowest BCUT2D eigenvalue weighted by atomic mass is 9.96. The summed E-state index contributed by atoms with van der Waals surface area (Å²) in [7, 11) is -2.77. The van der Waals surface area contributed by atoms with Crippen molar-refractivity contribution in [3.05, 3.63) is 52.6 Å². The van der Waals surface area contributed by atoms with Gasteiger partial charge in [0, 0.05) is 31.1 Å². The minimum Gasteiger partial charge on any atom is -0.495 e. The van der Waals surface area contributed by atoms with Crippen LogP contribution in [0.15, 0.2) is 47.4 Å². The van der Waals surface area contributed by atoms with E-state index in [1.165, 1.54) is 25.3 Å². The topological polar surface area (TPSA) is 145 Å². The zero-order valence-corrected chi connectivity index (χ0v) is 17.1. The second-order valence-electron chi connectivity index (χ2n) is 6.88. The molecule has 0 unspecified atom stereocenters. The number of non-ortho nitro benzene ring substituents is 1. The zero-order chi connectivity index (χ0) is 21.9. The molecule has 1 aliphatic heterocycles. The number of primary amides is 1. The molecule has 0 atom stereocenters. The minimum absolute atomic E-state index is 0.213. The molecule has 160 valence electrons. The van der Waals surface area contributed by atoms with Gasteiger partial charge in [0.1, 0.15) is 10.6 Å². The van der Waals surface area contributed by atoms with Crippen LogP contribution in [0.5, 0.6) is 5.75 Å². The quantitative estimate of drug-likeness (QED) is 0.501. The van der Waals surface area contributed by atoms with Crippen LogP contribution in [0.25, 0.3) is 0 Å². The molecule has 0 aliphatic carbocycles. The number of nitrogens with two attached hydrogens (primary N) is 1. The fourth-order valence-corrected chi connectivity index (χ4v) is 4.74. The van der Waals surface area contributed by atoms with Gasteiger partial charge in [0.2, 0.25) is 5.91 Å². The summed E-state index contributed by atoms with van der Waals surface area (Å²) in [6.07, 6.45) is 0.956. The lowest BCUT2D eigenvalue weighted by Crippen LogP contribution is -2.39. The van der Waals surface area contributed by atoms with E-state index in [9.17, 15) is 23.3 Å². The summed E-state index contributed by atoms with van der Waals surface area (Å²) in [5, 5.41) is 11.2. The Labute approximate surface area is 173 Å². The van der Waals surface area contributed by atoms with E-state index in [4.69, 9.17) is 10.5 Å². The molecule has 10 nitrogen and oxygen atoms in total. The third kappa shape index (κ3) is 4.46. The van der Waals surface area contributed by atoms with E-state index in [1.54, 1.807) is 23.1 Å². The van der Waals surface area contributed by atoms with E-state index in [0.29, 0.717) is 37.4 Å². The van der Waals surface area contributed by atoms with Gasteiger partial charge in [-0.3, -0.25) is 19.6 Å². The van der Waals surface area contributed by atoms with Crippen LogP contribution in [0.1, 0.15) is 12.8 Å². The Balaban J connectivity index is 2.00. The molecule has 0 radical (unpaired) electrons. The Hall–Kier alpha value is -3.34. The average molecular weight is 434 g/mol. The number of anilines is 2. The third-order valence-corrected chi connectivity index (χ3v) is 6.43. The van der Waals surface area contributed by atoms with Gasteiger partial charge in [-0.1, -0.05) is 12.1 Å². The summed E-state index contributed by atoms with van der Waals surface area (Å²) in [5.41, 5.74) is 5.56. The molecule has 2 aromatic carbocycles. The fraction of sp³-hybridized carbons (Fsp3) is 0.316. The van der Waals surface area contributed by atoms with Crippen molar-refractivity contribution in [1.29, 1.82) is 0 Å². The molecule has 0 aromatic heterocycles. The number of hydrogen-bond donors (Lipinski definition) is 2. The molecule has 0 spiro atoms. The van der Waals surface area contributed by atoms with E-state index in [-0.39, 0.29) is 28.1 Å². The van der Waals surface area contributed by atoms with Crippen LogP contribution < -0.4 is 20.1 Å². The Kier molecular flexibility index (Phi) is 6.11. The predicted molar refractivity (Wildman–Crippen MR) is 111 cm³/mol. The van der Waals surface area contributed by atoms with Crippen LogP contribution in [0.2, 0.25) is 0 Å². The summed E-state index contributed by atoms with van der Waals surface area (Å²) in [4.78, 5) is 23.6. The summed E-state index contributed by atoms with van der Waals surface area (Å²) in [6.45, 7) is 0.811. The number of carbonyl (C=O) groups is 1. The first-order chi connectivity index (χ1) is 14.2. The molecule has 1 saturated heterocycles. The summed E-state index contributed by atoms with van der Waals surface area (Å²) < 4.78 is 34.0. The smallest absolute Gasteiger partial charge is 0.270 e. The number of benzene rings is 2. The van der Waals surface area contributed by atoms with Gasteiger partial charge in [0.25, 0.3) is 15.7 Å². The molecule has 30 heavy (non-hydrogen) atoms. The highest BCUT2D eigenvalue weighted by Gasteiger charge is 2.29. The molecule has 3 rings (SSSR count). The van der Waals surface area contributed by atoms with E-state index < -0.39 is 14.9 Å². The lowest BCUT2D eigenvalue weighted by molar-refractivity contribution is -0.385. The van der Waals surface area contributed by atoms with Crippen molar-refractivity contribution < 1.29 is 22.9 Å². The molecule has 11 heteroatoms. The van der Waals surface area contributed by atoms with Gasteiger partial charge in [-0.2, -0.15) is 0 Å². The van der Waals surface area contributed by atoms with Gasteiger partial charge in [0.05, 0.1) is 23.4 Å². The molecular weight excluding hydrogens is 412 g/mol. The average Bonchev–Trinajstić information content (AvgIpc) is 2.73. The number of piperidine rings is 1. The predicted octanol–water partition coefficient (Wildman–Crippen LogP) is 2.11. The summed E-state index contributed by atoms with van der Waals surface area (Å²) in [6, 6.07) is 10.2. The number of nitrogens with zero attached hydrogens (tertiary/aromatic N) is 2. The number of nitro groups is 1. The zero-order valence-electron chi connectivity index (χ0n) is 16.3. The van der Waals surface area contributed by atoms with Gasteiger partial charge >= 0.3 is 0 Å². The number of amides is 1. The van der Waals surface area contributed by atoms with Gasteiger partial charge in [-0.25, -0.2) is 8.42 Å². The molecular formula is C19H22N4O6S. The number of ether oxygens (including phenoxy) is 1. The van der Waals surface area contributed by atoms with Crippen molar-refractivity contribution in [2.24, 2.45) is 11.7 Å². The Morgan fingerprint density at radius 3 is 2.50 bits per heavy atom. The van der Waals surface area contributed by atoms with Crippen molar-refractivity contribution in [2.45, 2.75) is 17.7 Å². The Morgan fingerprint density at radius 2 is 1.90 bits per heavy atom. The van der Waals surface area contributed by atoms with Crippen molar-refractivity contribution >= 4 is 33.0 Å². The second kappa shape index (κ2) is 8.57. The van der Waals surface area contributed by atoms with Crippen LogP contribution in [0.3, 0.4) is 0 Å². The SMILES string of the molecule is COc1ccccc1NS(=O)(=O)c1cc([N+](=O)[O-])ccc1N1CCC(C(N)=O)CC1. The van der Waals surface area contributed by atoms with Crippen LogP contribution in [0, 0.1) is 16.0 Å². The molecule has 1 fully saturated rings. The number of methoxy groups -OCH3 is 1. The van der Waals surface area contributed by atoms with Crippen molar-refractivity contribution in [1.82, 2.24) is 0 Å². The highest BCUT2D eigenvalue weighted by molar-refractivity contribution is 7.93. The van der Waals surface area contributed by atoms with Crippen LogP contribution >= 0.6 is 0 Å². The van der Waals surface area contributed by atoms with E-state index >= 15 is 0 Å². The van der Waals surface area contributed by atoms with Crippen LogP contribution in [-0.4, -0.2) is 39.4 Å². The van der Waals surface area contributed by atoms with E-state index in [1.807, 2.05) is 0 Å². The van der Waals surface area contributed by atoms with Gasteiger partial charge < -0.3 is 15.4 Å². The minimum atomic E-state index is -4.18. The highest BCUT2D eigenvalue weighted by atomic mass is 32.2. The number of carbonyl (C=O) groups excluding carboxylic acids is 1. The summed E-state index contributed by atoms with van der Waals surface area (Å²) in [5.74, 6) is -0.342. The number of sulfonamides is 1. The highest BCUT2D eigenvalue weighted by Crippen LogP contribution is 2.34. The molecule has 0 bridgehead atoms. The Morgan fingerprint density at radius 1 is 1.23 bits per heavy atom. The molecule has 2 aromatic rings.